The predicted molar refractivity (Wildman–Crippen MR) is 160 cm³/mol. The van der Waals surface area contributed by atoms with E-state index in [1.54, 1.807) is 0 Å². The van der Waals surface area contributed by atoms with E-state index in [0.29, 0.717) is 77.5 Å². The Labute approximate surface area is 254 Å². The molecule has 6 aliphatic carbocycles. The van der Waals surface area contributed by atoms with Crippen molar-refractivity contribution in [1.29, 1.82) is 0 Å². The van der Waals surface area contributed by atoms with Crippen LogP contribution in [0, 0.1) is 56.7 Å². The van der Waals surface area contributed by atoms with E-state index in [4.69, 9.17) is 14.2 Å². The number of amides is 1. The number of rotatable bonds is 5. The van der Waals surface area contributed by atoms with Gasteiger partial charge >= 0.3 is 0 Å². The van der Waals surface area contributed by atoms with Gasteiger partial charge in [-0.3, -0.25) is 4.79 Å². The van der Waals surface area contributed by atoms with Crippen LogP contribution in [0.15, 0.2) is 0 Å². The summed E-state index contributed by atoms with van der Waals surface area (Å²) in [4.78, 5) is 14.9. The average molecular weight is 584 g/mol. The zero-order chi connectivity index (χ0) is 29.3. The molecule has 0 aromatic rings. The van der Waals surface area contributed by atoms with Crippen LogP contribution in [0.25, 0.3) is 0 Å². The van der Waals surface area contributed by atoms with Crippen LogP contribution in [0.5, 0.6) is 0 Å². The van der Waals surface area contributed by atoms with Gasteiger partial charge in [-0.25, -0.2) is 0 Å². The smallest absolute Gasteiger partial charge is 0.223 e. The van der Waals surface area contributed by atoms with Crippen LogP contribution in [0.1, 0.15) is 112 Å². The highest BCUT2D eigenvalue weighted by Crippen LogP contribution is 2.91. The molecule has 12 atom stereocenters. The molecular weight excluding hydrogens is 526 g/mol. The van der Waals surface area contributed by atoms with Crippen LogP contribution in [0.4, 0.5) is 0 Å². The van der Waals surface area contributed by atoms with Gasteiger partial charge in [-0.05, 0) is 127 Å². The fraction of sp³-hybridized carbons (Fsp3) is 0.972. The first-order valence-electron chi connectivity index (χ1n) is 17.8. The van der Waals surface area contributed by atoms with Crippen molar-refractivity contribution in [3.8, 4) is 0 Å². The van der Waals surface area contributed by atoms with Crippen molar-refractivity contribution in [2.75, 3.05) is 26.3 Å². The largest absolute Gasteiger partial charge is 0.394 e. The second kappa shape index (κ2) is 9.42. The number of hydrogen-bond donors (Lipinski definition) is 1. The molecule has 42 heavy (non-hydrogen) atoms. The third-order valence-electron chi connectivity index (χ3n) is 16.1. The van der Waals surface area contributed by atoms with E-state index in [9.17, 15) is 9.90 Å². The quantitative estimate of drug-likeness (QED) is 0.418. The van der Waals surface area contributed by atoms with Crippen LogP contribution in [-0.2, 0) is 19.0 Å². The van der Waals surface area contributed by atoms with Crippen molar-refractivity contribution < 1.29 is 24.1 Å². The summed E-state index contributed by atoms with van der Waals surface area (Å²) in [5.74, 6) is 3.80. The van der Waals surface area contributed by atoms with E-state index < -0.39 is 0 Å². The highest BCUT2D eigenvalue weighted by atomic mass is 16.7. The van der Waals surface area contributed by atoms with Crippen LogP contribution >= 0.6 is 0 Å². The van der Waals surface area contributed by atoms with Gasteiger partial charge in [0.1, 0.15) is 0 Å². The fourth-order valence-corrected chi connectivity index (χ4v) is 13.7. The molecule has 0 bridgehead atoms. The molecule has 4 unspecified atom stereocenters. The summed E-state index contributed by atoms with van der Waals surface area (Å²) >= 11 is 0. The summed E-state index contributed by atoms with van der Waals surface area (Å²) in [5, 5.41) is 9.88. The summed E-state index contributed by atoms with van der Waals surface area (Å²) in [6.45, 7) is 15.0. The number of hydrogen-bond acceptors (Lipinski definition) is 5. The Bertz CT molecular complexity index is 1110. The predicted octanol–water partition coefficient (Wildman–Crippen LogP) is 6.19. The topological polar surface area (TPSA) is 68.2 Å². The Morgan fingerprint density at radius 1 is 0.929 bits per heavy atom. The molecule has 2 heterocycles. The first kappa shape index (κ1) is 28.8. The minimum atomic E-state index is -0.291. The lowest BCUT2D eigenvalue weighted by Crippen LogP contribution is -2.58. The molecule has 0 aromatic carbocycles. The molecule has 2 aliphatic heterocycles. The van der Waals surface area contributed by atoms with Crippen molar-refractivity contribution in [3.05, 3.63) is 0 Å². The molecule has 8 fully saturated rings. The molecule has 6 saturated carbocycles. The van der Waals surface area contributed by atoms with Gasteiger partial charge in [0.15, 0.2) is 6.29 Å². The van der Waals surface area contributed by atoms with E-state index >= 15 is 0 Å². The molecular formula is C36H57NO5. The van der Waals surface area contributed by atoms with E-state index in [2.05, 4.69) is 34.6 Å². The minimum absolute atomic E-state index is 0.0436. The van der Waals surface area contributed by atoms with Crippen LogP contribution in [0.2, 0.25) is 0 Å². The van der Waals surface area contributed by atoms with Gasteiger partial charge in [0.2, 0.25) is 5.91 Å². The lowest BCUT2D eigenvalue weighted by Gasteiger charge is -2.63. The second-order valence-electron chi connectivity index (χ2n) is 17.5. The average Bonchev–Trinajstić information content (AvgIpc) is 3.86. The molecule has 0 aromatic heterocycles. The third kappa shape index (κ3) is 3.62. The van der Waals surface area contributed by atoms with Gasteiger partial charge in [-0.2, -0.15) is 0 Å². The maximum atomic E-state index is 12.9. The maximum Gasteiger partial charge on any atom is 0.223 e. The van der Waals surface area contributed by atoms with Crippen LogP contribution < -0.4 is 0 Å². The maximum absolute atomic E-state index is 12.9. The van der Waals surface area contributed by atoms with Crippen molar-refractivity contribution in [1.82, 2.24) is 4.90 Å². The third-order valence-corrected chi connectivity index (χ3v) is 16.1. The number of aliphatic hydroxyl groups is 1. The van der Waals surface area contributed by atoms with Gasteiger partial charge in [0, 0.05) is 13.0 Å². The lowest BCUT2D eigenvalue weighted by molar-refractivity contribution is -0.246. The summed E-state index contributed by atoms with van der Waals surface area (Å²) in [5.41, 5.74) is 1.65. The van der Waals surface area contributed by atoms with Gasteiger partial charge < -0.3 is 24.2 Å². The summed E-state index contributed by atoms with van der Waals surface area (Å²) in [6, 6.07) is 0. The molecule has 8 rings (SSSR count). The molecule has 1 N–H and O–H groups in total. The van der Waals surface area contributed by atoms with Crippen molar-refractivity contribution in [3.63, 3.8) is 0 Å². The van der Waals surface area contributed by atoms with Crippen molar-refractivity contribution in [2.24, 2.45) is 56.7 Å². The highest BCUT2D eigenvalue weighted by molar-refractivity contribution is 5.76. The van der Waals surface area contributed by atoms with Crippen LogP contribution in [-0.4, -0.2) is 66.8 Å². The molecule has 6 heteroatoms. The Morgan fingerprint density at radius 2 is 1.69 bits per heavy atom. The van der Waals surface area contributed by atoms with Gasteiger partial charge in [0.05, 0.1) is 38.1 Å². The Morgan fingerprint density at radius 3 is 2.45 bits per heavy atom. The number of morpholine rings is 1. The highest BCUT2D eigenvalue weighted by Gasteiger charge is 2.86. The van der Waals surface area contributed by atoms with Crippen LogP contribution in [0.3, 0.4) is 0 Å². The van der Waals surface area contributed by atoms with Gasteiger partial charge in [-0.15, -0.1) is 0 Å². The molecule has 236 valence electrons. The monoisotopic (exact) mass is 583 g/mol. The number of nitrogens with zero attached hydrogens (tertiary/aromatic N) is 1. The zero-order valence-corrected chi connectivity index (χ0v) is 27.0. The molecule has 2 saturated heterocycles. The molecule has 8 aliphatic rings. The Hall–Kier alpha value is -0.690. The summed E-state index contributed by atoms with van der Waals surface area (Å²) in [7, 11) is 0. The number of carbonyl (C=O) groups excluding carboxylic acids is 1. The Balaban J connectivity index is 1.01. The number of fused-ring (bicyclic) bond motifs is 4. The van der Waals surface area contributed by atoms with Crippen molar-refractivity contribution >= 4 is 5.91 Å². The molecule has 2 spiro atoms. The van der Waals surface area contributed by atoms with Gasteiger partial charge in [-0.1, -0.05) is 34.6 Å². The zero-order valence-electron chi connectivity index (χ0n) is 27.0. The van der Waals surface area contributed by atoms with Crippen molar-refractivity contribution in [2.45, 2.75) is 136 Å². The van der Waals surface area contributed by atoms with E-state index in [1.165, 1.54) is 57.8 Å². The number of ether oxygens (including phenoxy) is 3. The first-order valence-corrected chi connectivity index (χ1v) is 17.8. The fourth-order valence-electron chi connectivity index (χ4n) is 13.7. The minimum Gasteiger partial charge on any atom is -0.394 e. The first-order chi connectivity index (χ1) is 20.0. The lowest BCUT2D eigenvalue weighted by atomic mass is 9.42. The second-order valence-corrected chi connectivity index (χ2v) is 17.5. The van der Waals surface area contributed by atoms with E-state index in [1.807, 2.05) is 4.90 Å². The van der Waals surface area contributed by atoms with E-state index in [0.717, 1.165) is 24.7 Å². The normalized spacial score (nSPS) is 54.2. The summed E-state index contributed by atoms with van der Waals surface area (Å²) < 4.78 is 19.6. The molecule has 0 radical (unpaired) electrons. The standard InChI is InChI=1S/C36H57NO5/c1-22-35-13-12-29(42-31-20-37(16-17-40-31)30(39)18-23-6-7-23)32(2,3)27(35)10-11-28-34(5)19-26-25(9-8-24(21-38)41-26)33(34,4)14-15-36(22,28)35/h22-29,31,38H,6-21H2,1-5H3/t22-,24-,25?,26-,27?,28+,29+,31?,33-,34+,35?,36+/m1/s1. The number of carbonyl (C=O) groups is 1. The molecule has 1 amide bonds. The van der Waals surface area contributed by atoms with Gasteiger partial charge in [0.25, 0.3) is 0 Å². The SMILES string of the molecule is C[C@@H]1C23CC[C@H](OC4CN(C(=O)CC5CC5)CCO4)C(C)(C)C2CC[C@@H]2[C@]13CC[C@]1(C)C3CC[C@H](CO)O[C@@H]3C[C@@]21C. The molecule has 6 nitrogen and oxygen atoms in total. The Kier molecular flexibility index (Phi) is 6.45. The van der Waals surface area contributed by atoms with E-state index in [-0.39, 0.29) is 30.5 Å². The number of aliphatic hydroxyl groups excluding tert-OH is 1. The summed E-state index contributed by atoms with van der Waals surface area (Å²) in [6.07, 6.45) is 14.6.